The molecule has 1 unspecified atom stereocenters. The molecule has 0 aromatic carbocycles. The molecule has 0 saturated carbocycles. The summed E-state index contributed by atoms with van der Waals surface area (Å²) >= 11 is 1.52. The van der Waals surface area contributed by atoms with Gasteiger partial charge in [-0.25, -0.2) is 4.79 Å². The van der Waals surface area contributed by atoms with Crippen molar-refractivity contribution in [3.8, 4) is 0 Å². The van der Waals surface area contributed by atoms with Crippen molar-refractivity contribution in [1.29, 1.82) is 0 Å². The van der Waals surface area contributed by atoms with E-state index in [1.54, 1.807) is 0 Å². The van der Waals surface area contributed by atoms with E-state index < -0.39 is 17.9 Å². The molecule has 88 valence electrons. The molecule has 1 amide bonds. The number of carboxylic acids is 1. The molecule has 2 N–H and O–H groups in total. The van der Waals surface area contributed by atoms with Crippen LogP contribution < -0.4 is 5.32 Å². The molecule has 0 fully saturated rings. The van der Waals surface area contributed by atoms with E-state index in [1.807, 2.05) is 6.26 Å². The highest BCUT2D eigenvalue weighted by Crippen LogP contribution is 2.02. The number of nitrogens with one attached hydrogen (secondary N) is 1. The van der Waals surface area contributed by atoms with Crippen molar-refractivity contribution in [2.45, 2.75) is 12.5 Å². The minimum absolute atomic E-state index is 0.0791. The van der Waals surface area contributed by atoms with Crippen LogP contribution in [0.15, 0.2) is 16.9 Å². The number of aromatic nitrogens is 1. The van der Waals surface area contributed by atoms with Gasteiger partial charge in [-0.15, -0.1) is 0 Å². The average molecular weight is 244 g/mol. The SMILES string of the molecule is CSCCC(NC(=O)c1ccon1)C(=O)O. The summed E-state index contributed by atoms with van der Waals surface area (Å²) in [5.41, 5.74) is 0.0791. The number of carbonyl (C=O) groups excluding carboxylic acids is 1. The van der Waals surface area contributed by atoms with Gasteiger partial charge >= 0.3 is 5.97 Å². The Morgan fingerprint density at radius 3 is 2.94 bits per heavy atom. The van der Waals surface area contributed by atoms with E-state index in [9.17, 15) is 9.59 Å². The fraction of sp³-hybridized carbons (Fsp3) is 0.444. The van der Waals surface area contributed by atoms with Crippen LogP contribution in [0.25, 0.3) is 0 Å². The van der Waals surface area contributed by atoms with Crippen LogP contribution >= 0.6 is 11.8 Å². The molecule has 16 heavy (non-hydrogen) atoms. The summed E-state index contributed by atoms with van der Waals surface area (Å²) in [6.45, 7) is 0. The first kappa shape index (κ1) is 12.6. The van der Waals surface area contributed by atoms with Crippen molar-refractivity contribution in [2.24, 2.45) is 0 Å². The monoisotopic (exact) mass is 244 g/mol. The third-order valence-corrected chi connectivity index (χ3v) is 2.53. The van der Waals surface area contributed by atoms with Crippen LogP contribution in [0.3, 0.4) is 0 Å². The van der Waals surface area contributed by atoms with Crippen LogP contribution in [0.2, 0.25) is 0 Å². The van der Waals surface area contributed by atoms with Crippen LogP contribution in [0.5, 0.6) is 0 Å². The zero-order valence-electron chi connectivity index (χ0n) is 8.67. The Morgan fingerprint density at radius 1 is 1.69 bits per heavy atom. The van der Waals surface area contributed by atoms with Gasteiger partial charge in [0.2, 0.25) is 0 Å². The van der Waals surface area contributed by atoms with Crippen molar-refractivity contribution < 1.29 is 19.2 Å². The van der Waals surface area contributed by atoms with Gasteiger partial charge in [0.25, 0.3) is 5.91 Å². The third-order valence-electron chi connectivity index (χ3n) is 1.88. The Hall–Kier alpha value is -1.50. The minimum Gasteiger partial charge on any atom is -0.480 e. The number of hydrogen-bond donors (Lipinski definition) is 2. The molecule has 6 nitrogen and oxygen atoms in total. The Labute approximate surface area is 96.4 Å². The maximum Gasteiger partial charge on any atom is 0.326 e. The molecule has 1 aromatic heterocycles. The van der Waals surface area contributed by atoms with Gasteiger partial charge in [0, 0.05) is 6.07 Å². The van der Waals surface area contributed by atoms with E-state index in [4.69, 9.17) is 5.11 Å². The van der Waals surface area contributed by atoms with Crippen LogP contribution in [-0.2, 0) is 4.79 Å². The Bertz CT molecular complexity index is 352. The fourth-order valence-electron chi connectivity index (χ4n) is 1.05. The van der Waals surface area contributed by atoms with Gasteiger partial charge in [0.05, 0.1) is 0 Å². The van der Waals surface area contributed by atoms with Crippen molar-refractivity contribution in [3.05, 3.63) is 18.0 Å². The highest BCUT2D eigenvalue weighted by atomic mass is 32.2. The zero-order valence-corrected chi connectivity index (χ0v) is 9.49. The molecule has 1 aromatic rings. The van der Waals surface area contributed by atoms with Gasteiger partial charge < -0.3 is 14.9 Å². The molecular weight excluding hydrogens is 232 g/mol. The standard InChI is InChI=1S/C9H12N2O4S/c1-16-5-3-7(9(13)14)10-8(12)6-2-4-15-11-6/h2,4,7H,3,5H2,1H3,(H,10,12)(H,13,14). The van der Waals surface area contributed by atoms with E-state index in [0.717, 1.165) is 0 Å². The number of aliphatic carboxylic acids is 1. The van der Waals surface area contributed by atoms with Crippen LogP contribution in [0.1, 0.15) is 16.9 Å². The number of carbonyl (C=O) groups is 2. The Morgan fingerprint density at radius 2 is 2.44 bits per heavy atom. The fourth-order valence-corrected chi connectivity index (χ4v) is 1.53. The van der Waals surface area contributed by atoms with Gasteiger partial charge in [-0.1, -0.05) is 5.16 Å². The normalized spacial score (nSPS) is 12.1. The van der Waals surface area contributed by atoms with Gasteiger partial charge in [-0.2, -0.15) is 11.8 Å². The molecule has 1 heterocycles. The molecule has 0 spiro atoms. The molecule has 1 rings (SSSR count). The first-order valence-electron chi connectivity index (χ1n) is 4.58. The predicted molar refractivity (Wildman–Crippen MR) is 58.4 cm³/mol. The van der Waals surface area contributed by atoms with E-state index in [1.165, 1.54) is 24.1 Å². The Kier molecular flexibility index (Phi) is 4.84. The first-order chi connectivity index (χ1) is 7.65. The minimum atomic E-state index is -1.05. The van der Waals surface area contributed by atoms with Gasteiger partial charge in [-0.05, 0) is 18.4 Å². The zero-order chi connectivity index (χ0) is 12.0. The second-order valence-electron chi connectivity index (χ2n) is 3.03. The summed E-state index contributed by atoms with van der Waals surface area (Å²) < 4.78 is 4.50. The lowest BCUT2D eigenvalue weighted by atomic mass is 10.2. The molecule has 0 bridgehead atoms. The van der Waals surface area contributed by atoms with E-state index in [-0.39, 0.29) is 5.69 Å². The second-order valence-corrected chi connectivity index (χ2v) is 4.02. The summed E-state index contributed by atoms with van der Waals surface area (Å²) in [7, 11) is 0. The van der Waals surface area contributed by atoms with Crippen LogP contribution in [-0.4, -0.2) is 40.2 Å². The number of rotatable bonds is 6. The maximum absolute atomic E-state index is 11.5. The number of thioether (sulfide) groups is 1. The number of carboxylic acid groups (broad SMARTS) is 1. The molecule has 0 aliphatic carbocycles. The lowest BCUT2D eigenvalue weighted by Crippen LogP contribution is -2.41. The number of amides is 1. The summed E-state index contributed by atoms with van der Waals surface area (Å²) in [6.07, 6.45) is 3.50. The molecule has 0 saturated heterocycles. The molecule has 1 atom stereocenters. The largest absolute Gasteiger partial charge is 0.480 e. The van der Waals surface area contributed by atoms with Crippen molar-refractivity contribution in [2.75, 3.05) is 12.0 Å². The van der Waals surface area contributed by atoms with Crippen LogP contribution in [0.4, 0.5) is 0 Å². The molecular formula is C9H12N2O4S. The summed E-state index contributed by atoms with van der Waals surface area (Å²) in [5, 5.41) is 14.7. The quantitative estimate of drug-likeness (QED) is 0.761. The number of nitrogens with zero attached hydrogens (tertiary/aromatic N) is 1. The molecule has 7 heteroatoms. The van der Waals surface area contributed by atoms with Crippen LogP contribution in [0, 0.1) is 0 Å². The van der Waals surface area contributed by atoms with E-state index in [0.29, 0.717) is 12.2 Å². The summed E-state index contributed by atoms with van der Waals surface area (Å²) in [5.74, 6) is -0.927. The summed E-state index contributed by atoms with van der Waals surface area (Å²) in [4.78, 5) is 22.3. The first-order valence-corrected chi connectivity index (χ1v) is 5.97. The van der Waals surface area contributed by atoms with Gasteiger partial charge in [0.15, 0.2) is 5.69 Å². The highest BCUT2D eigenvalue weighted by molar-refractivity contribution is 7.98. The maximum atomic E-state index is 11.5. The summed E-state index contributed by atoms with van der Waals surface area (Å²) in [6, 6.07) is 0.486. The van der Waals surface area contributed by atoms with Crippen molar-refractivity contribution in [1.82, 2.24) is 10.5 Å². The lowest BCUT2D eigenvalue weighted by Gasteiger charge is -2.12. The average Bonchev–Trinajstić information content (AvgIpc) is 2.76. The molecule has 0 radical (unpaired) electrons. The van der Waals surface area contributed by atoms with Crippen molar-refractivity contribution in [3.63, 3.8) is 0 Å². The smallest absolute Gasteiger partial charge is 0.326 e. The predicted octanol–water partition coefficient (Wildman–Crippen LogP) is 0.611. The van der Waals surface area contributed by atoms with Gasteiger partial charge in [0.1, 0.15) is 12.3 Å². The van der Waals surface area contributed by atoms with E-state index in [2.05, 4.69) is 15.0 Å². The lowest BCUT2D eigenvalue weighted by molar-refractivity contribution is -0.139. The Balaban J connectivity index is 2.54. The highest BCUT2D eigenvalue weighted by Gasteiger charge is 2.21. The third kappa shape index (κ3) is 3.58. The van der Waals surface area contributed by atoms with Gasteiger partial charge in [-0.3, -0.25) is 4.79 Å². The van der Waals surface area contributed by atoms with E-state index >= 15 is 0 Å². The number of hydrogen-bond acceptors (Lipinski definition) is 5. The van der Waals surface area contributed by atoms with Crippen molar-refractivity contribution >= 4 is 23.6 Å². The second kappa shape index (κ2) is 6.16. The topological polar surface area (TPSA) is 92.4 Å². The molecule has 0 aliphatic heterocycles. The molecule has 0 aliphatic rings.